The van der Waals surface area contributed by atoms with E-state index in [-0.39, 0.29) is 5.69 Å². The van der Waals surface area contributed by atoms with Crippen LogP contribution in [0, 0.1) is 17.1 Å². The molecule has 0 aromatic heterocycles. The van der Waals surface area contributed by atoms with E-state index in [0.717, 1.165) is 0 Å². The number of hydrogen-bond donors (Lipinski definition) is 2. The number of anilines is 3. The predicted octanol–water partition coefficient (Wildman–Crippen LogP) is 3.03. The SMILES string of the molecule is COc1cccc(C#N)c1Nc1ccc(F)cc1N. The number of nitrogens with one attached hydrogen (secondary N) is 1. The summed E-state index contributed by atoms with van der Waals surface area (Å²) in [5.74, 6) is 0.103. The van der Waals surface area contributed by atoms with Gasteiger partial charge in [0.25, 0.3) is 0 Å². The van der Waals surface area contributed by atoms with Crippen LogP contribution in [0.15, 0.2) is 36.4 Å². The zero-order valence-corrected chi connectivity index (χ0v) is 10.3. The molecule has 0 fully saturated rings. The van der Waals surface area contributed by atoms with Gasteiger partial charge in [0.1, 0.15) is 17.6 Å². The van der Waals surface area contributed by atoms with Gasteiger partial charge in [0.05, 0.1) is 29.7 Å². The van der Waals surface area contributed by atoms with E-state index in [9.17, 15) is 4.39 Å². The molecule has 0 spiro atoms. The first-order valence-electron chi connectivity index (χ1n) is 5.55. The molecular formula is C14H12FN3O. The molecule has 0 heterocycles. The maximum Gasteiger partial charge on any atom is 0.143 e. The molecule has 2 aromatic carbocycles. The largest absolute Gasteiger partial charge is 0.495 e. The lowest BCUT2D eigenvalue weighted by Gasteiger charge is -2.14. The molecule has 0 aliphatic carbocycles. The van der Waals surface area contributed by atoms with Crippen LogP contribution in [0.2, 0.25) is 0 Å². The second kappa shape index (κ2) is 5.27. The number of nitrogens with two attached hydrogens (primary N) is 1. The monoisotopic (exact) mass is 257 g/mol. The Morgan fingerprint density at radius 2 is 2.11 bits per heavy atom. The average molecular weight is 257 g/mol. The van der Waals surface area contributed by atoms with Gasteiger partial charge in [-0.2, -0.15) is 5.26 Å². The topological polar surface area (TPSA) is 71.1 Å². The zero-order valence-electron chi connectivity index (χ0n) is 10.3. The lowest BCUT2D eigenvalue weighted by Crippen LogP contribution is -2.00. The highest BCUT2D eigenvalue weighted by Crippen LogP contribution is 2.33. The molecule has 4 nitrogen and oxygen atoms in total. The van der Waals surface area contributed by atoms with Crippen molar-refractivity contribution >= 4 is 17.1 Å². The highest BCUT2D eigenvalue weighted by Gasteiger charge is 2.10. The Bertz CT molecular complexity index is 650. The summed E-state index contributed by atoms with van der Waals surface area (Å²) in [6, 6.07) is 11.2. The number of benzene rings is 2. The number of rotatable bonds is 3. The van der Waals surface area contributed by atoms with Gasteiger partial charge in [0, 0.05) is 0 Å². The molecule has 2 aromatic rings. The molecule has 2 rings (SSSR count). The van der Waals surface area contributed by atoms with Crippen LogP contribution in [-0.4, -0.2) is 7.11 Å². The van der Waals surface area contributed by atoms with Gasteiger partial charge in [-0.25, -0.2) is 4.39 Å². The summed E-state index contributed by atoms with van der Waals surface area (Å²) in [4.78, 5) is 0. The van der Waals surface area contributed by atoms with Crippen molar-refractivity contribution in [2.24, 2.45) is 0 Å². The first-order chi connectivity index (χ1) is 9.15. The van der Waals surface area contributed by atoms with Crippen LogP contribution in [0.1, 0.15) is 5.56 Å². The van der Waals surface area contributed by atoms with E-state index in [1.54, 1.807) is 18.2 Å². The third kappa shape index (κ3) is 2.58. The average Bonchev–Trinajstić information content (AvgIpc) is 2.42. The first-order valence-corrected chi connectivity index (χ1v) is 5.55. The first kappa shape index (κ1) is 12.7. The molecular weight excluding hydrogens is 245 g/mol. The van der Waals surface area contributed by atoms with Gasteiger partial charge in [-0.15, -0.1) is 0 Å². The van der Waals surface area contributed by atoms with Gasteiger partial charge in [-0.3, -0.25) is 0 Å². The molecule has 0 aliphatic rings. The van der Waals surface area contributed by atoms with Crippen LogP contribution in [0.5, 0.6) is 5.75 Å². The van der Waals surface area contributed by atoms with Gasteiger partial charge < -0.3 is 15.8 Å². The van der Waals surface area contributed by atoms with Crippen molar-refractivity contribution in [2.75, 3.05) is 18.2 Å². The number of methoxy groups -OCH3 is 1. The van der Waals surface area contributed by atoms with E-state index in [2.05, 4.69) is 11.4 Å². The number of para-hydroxylation sites is 1. The molecule has 0 unspecified atom stereocenters. The smallest absolute Gasteiger partial charge is 0.143 e. The van der Waals surface area contributed by atoms with Crippen LogP contribution in [0.25, 0.3) is 0 Å². The summed E-state index contributed by atoms with van der Waals surface area (Å²) >= 11 is 0. The van der Waals surface area contributed by atoms with Crippen LogP contribution in [0.3, 0.4) is 0 Å². The van der Waals surface area contributed by atoms with Crippen molar-refractivity contribution in [3.05, 3.63) is 47.8 Å². The van der Waals surface area contributed by atoms with E-state index in [4.69, 9.17) is 15.7 Å². The summed E-state index contributed by atoms with van der Waals surface area (Å²) in [5, 5.41) is 12.1. The Hall–Kier alpha value is -2.74. The number of nitriles is 1. The minimum absolute atomic E-state index is 0.259. The lowest BCUT2D eigenvalue weighted by atomic mass is 10.1. The molecule has 0 saturated carbocycles. The van der Waals surface area contributed by atoms with Crippen molar-refractivity contribution in [3.63, 3.8) is 0 Å². The normalized spacial score (nSPS) is 9.74. The van der Waals surface area contributed by atoms with Crippen LogP contribution < -0.4 is 15.8 Å². The van der Waals surface area contributed by atoms with Crippen molar-refractivity contribution in [3.8, 4) is 11.8 Å². The molecule has 96 valence electrons. The molecule has 0 aliphatic heterocycles. The second-order valence-electron chi connectivity index (χ2n) is 3.85. The number of hydrogen-bond acceptors (Lipinski definition) is 4. The molecule has 0 atom stereocenters. The maximum atomic E-state index is 13.0. The number of nitrogen functional groups attached to an aromatic ring is 1. The second-order valence-corrected chi connectivity index (χ2v) is 3.85. The Morgan fingerprint density at radius 3 is 2.74 bits per heavy atom. The minimum Gasteiger partial charge on any atom is -0.495 e. The van der Waals surface area contributed by atoms with E-state index in [1.165, 1.54) is 25.3 Å². The Morgan fingerprint density at radius 1 is 1.32 bits per heavy atom. The Labute approximate surface area is 110 Å². The van der Waals surface area contributed by atoms with Crippen molar-refractivity contribution in [2.45, 2.75) is 0 Å². The van der Waals surface area contributed by atoms with Crippen LogP contribution >= 0.6 is 0 Å². The minimum atomic E-state index is -0.413. The number of ether oxygens (including phenoxy) is 1. The molecule has 3 N–H and O–H groups in total. The Balaban J connectivity index is 2.46. The van der Waals surface area contributed by atoms with Crippen molar-refractivity contribution in [1.82, 2.24) is 0 Å². The molecule has 0 amide bonds. The highest BCUT2D eigenvalue weighted by molar-refractivity contribution is 5.78. The van der Waals surface area contributed by atoms with Gasteiger partial charge in [0.2, 0.25) is 0 Å². The number of halogens is 1. The fourth-order valence-corrected chi connectivity index (χ4v) is 1.71. The Kier molecular flexibility index (Phi) is 3.53. The van der Waals surface area contributed by atoms with E-state index < -0.39 is 5.82 Å². The summed E-state index contributed by atoms with van der Waals surface area (Å²) < 4.78 is 18.2. The third-order valence-corrected chi connectivity index (χ3v) is 2.64. The van der Waals surface area contributed by atoms with E-state index in [0.29, 0.717) is 22.7 Å². The highest BCUT2D eigenvalue weighted by atomic mass is 19.1. The summed E-state index contributed by atoms with van der Waals surface area (Å²) in [5.41, 5.74) is 7.43. The third-order valence-electron chi connectivity index (χ3n) is 2.64. The molecule has 19 heavy (non-hydrogen) atoms. The molecule has 0 saturated heterocycles. The predicted molar refractivity (Wildman–Crippen MR) is 71.8 cm³/mol. The number of nitrogens with zero attached hydrogens (tertiary/aromatic N) is 1. The van der Waals surface area contributed by atoms with Gasteiger partial charge in [-0.05, 0) is 30.3 Å². The molecule has 0 bridgehead atoms. The van der Waals surface area contributed by atoms with E-state index >= 15 is 0 Å². The summed E-state index contributed by atoms with van der Waals surface area (Å²) in [6.07, 6.45) is 0. The van der Waals surface area contributed by atoms with Gasteiger partial charge in [-0.1, -0.05) is 6.07 Å². The fraction of sp³-hybridized carbons (Fsp3) is 0.0714. The van der Waals surface area contributed by atoms with Crippen LogP contribution in [0.4, 0.5) is 21.5 Å². The standard InChI is InChI=1S/C14H12FN3O/c1-19-13-4-2-3-9(8-16)14(13)18-12-6-5-10(15)7-11(12)17/h2-7,18H,17H2,1H3. The van der Waals surface area contributed by atoms with Gasteiger partial charge >= 0.3 is 0 Å². The quantitative estimate of drug-likeness (QED) is 0.829. The lowest BCUT2D eigenvalue weighted by molar-refractivity contribution is 0.416. The fourth-order valence-electron chi connectivity index (χ4n) is 1.71. The maximum absolute atomic E-state index is 13.0. The zero-order chi connectivity index (χ0) is 13.8. The van der Waals surface area contributed by atoms with Gasteiger partial charge in [0.15, 0.2) is 0 Å². The van der Waals surface area contributed by atoms with Crippen molar-refractivity contribution < 1.29 is 9.13 Å². The molecule has 0 radical (unpaired) electrons. The van der Waals surface area contributed by atoms with Crippen molar-refractivity contribution in [1.29, 1.82) is 5.26 Å². The summed E-state index contributed by atoms with van der Waals surface area (Å²) in [6.45, 7) is 0. The molecule has 5 heteroatoms. The summed E-state index contributed by atoms with van der Waals surface area (Å²) in [7, 11) is 1.51. The van der Waals surface area contributed by atoms with Crippen LogP contribution in [-0.2, 0) is 0 Å². The van der Waals surface area contributed by atoms with E-state index in [1.807, 2.05) is 0 Å².